The lowest BCUT2D eigenvalue weighted by atomic mass is 10.1. The zero-order valence-electron chi connectivity index (χ0n) is 13.7. The van der Waals surface area contributed by atoms with E-state index in [9.17, 15) is 9.90 Å². The topological polar surface area (TPSA) is 87.0 Å². The van der Waals surface area contributed by atoms with Gasteiger partial charge in [0.1, 0.15) is 0 Å². The van der Waals surface area contributed by atoms with E-state index in [-0.39, 0.29) is 5.56 Å². The number of aromatic carboxylic acids is 1. The van der Waals surface area contributed by atoms with E-state index >= 15 is 0 Å². The second-order valence-electron chi connectivity index (χ2n) is 6.24. The maximum absolute atomic E-state index is 11.4. The molecule has 25 heavy (non-hydrogen) atoms. The SMILES string of the molecule is O=C(O)c1ccccc1-n1cnc(CN2CCC[C@@H]2c2ccn[nH]2)c1. The first-order valence-electron chi connectivity index (χ1n) is 8.31. The predicted octanol–water partition coefficient (Wildman–Crippen LogP) is 2.63. The smallest absolute Gasteiger partial charge is 0.337 e. The first-order chi connectivity index (χ1) is 12.2. The summed E-state index contributed by atoms with van der Waals surface area (Å²) in [4.78, 5) is 18.3. The fraction of sp³-hybridized carbons (Fsp3) is 0.278. The summed E-state index contributed by atoms with van der Waals surface area (Å²) in [5.74, 6) is -0.940. The van der Waals surface area contributed by atoms with E-state index in [1.165, 1.54) is 0 Å². The van der Waals surface area contributed by atoms with Crippen molar-refractivity contribution in [1.29, 1.82) is 0 Å². The Balaban J connectivity index is 1.55. The maximum Gasteiger partial charge on any atom is 0.337 e. The third-order valence-electron chi connectivity index (χ3n) is 4.66. The highest BCUT2D eigenvalue weighted by Gasteiger charge is 2.27. The average molecular weight is 337 g/mol. The number of nitrogens with one attached hydrogen (secondary N) is 1. The quantitative estimate of drug-likeness (QED) is 0.747. The highest BCUT2D eigenvalue weighted by molar-refractivity contribution is 5.91. The molecule has 2 N–H and O–H groups in total. The summed E-state index contributed by atoms with van der Waals surface area (Å²) >= 11 is 0. The average Bonchev–Trinajstić information content (AvgIpc) is 3.36. The van der Waals surface area contributed by atoms with E-state index in [4.69, 9.17) is 0 Å². The molecule has 1 fully saturated rings. The monoisotopic (exact) mass is 337 g/mol. The Hall–Kier alpha value is -2.93. The molecule has 7 heteroatoms. The van der Waals surface area contributed by atoms with Gasteiger partial charge >= 0.3 is 5.97 Å². The Morgan fingerprint density at radius 1 is 1.32 bits per heavy atom. The van der Waals surface area contributed by atoms with Crippen LogP contribution in [-0.2, 0) is 6.54 Å². The molecule has 1 aliphatic heterocycles. The van der Waals surface area contributed by atoms with Crippen molar-refractivity contribution < 1.29 is 9.90 Å². The first kappa shape index (κ1) is 15.6. The zero-order chi connectivity index (χ0) is 17.2. The van der Waals surface area contributed by atoms with Crippen molar-refractivity contribution in [3.63, 3.8) is 0 Å². The molecule has 1 atom stereocenters. The minimum atomic E-state index is -0.940. The third kappa shape index (κ3) is 3.06. The molecule has 0 aliphatic carbocycles. The molecule has 4 rings (SSSR count). The second kappa shape index (κ2) is 6.52. The Morgan fingerprint density at radius 2 is 2.20 bits per heavy atom. The summed E-state index contributed by atoms with van der Waals surface area (Å²) < 4.78 is 1.78. The number of imidazole rings is 1. The number of para-hydroxylation sites is 1. The van der Waals surface area contributed by atoms with Gasteiger partial charge in [-0.05, 0) is 37.6 Å². The van der Waals surface area contributed by atoms with Crippen molar-refractivity contribution in [2.75, 3.05) is 6.54 Å². The summed E-state index contributed by atoms with van der Waals surface area (Å²) in [6.07, 6.45) is 7.61. The maximum atomic E-state index is 11.4. The molecular weight excluding hydrogens is 318 g/mol. The number of likely N-dealkylation sites (tertiary alicyclic amines) is 1. The van der Waals surface area contributed by atoms with Crippen LogP contribution < -0.4 is 0 Å². The van der Waals surface area contributed by atoms with E-state index in [1.54, 1.807) is 35.3 Å². The van der Waals surface area contributed by atoms with Crippen LogP contribution in [0.4, 0.5) is 0 Å². The summed E-state index contributed by atoms with van der Waals surface area (Å²) in [7, 11) is 0. The van der Waals surface area contributed by atoms with Crippen LogP contribution in [0.2, 0.25) is 0 Å². The Labute approximate surface area is 144 Å². The van der Waals surface area contributed by atoms with Gasteiger partial charge in [-0.2, -0.15) is 5.10 Å². The van der Waals surface area contributed by atoms with Crippen molar-refractivity contribution in [2.24, 2.45) is 0 Å². The van der Waals surface area contributed by atoms with Crippen LogP contribution in [0.3, 0.4) is 0 Å². The standard InChI is InChI=1S/C18H19N5O2/c24-18(25)14-4-1-2-5-16(14)23-11-13(19-12-23)10-22-9-3-6-17(22)15-7-8-20-21-15/h1-2,4-5,7-8,11-12,17H,3,6,9-10H2,(H,20,21)(H,24,25)/t17-/m1/s1. The van der Waals surface area contributed by atoms with Crippen LogP contribution in [0.15, 0.2) is 49.1 Å². The van der Waals surface area contributed by atoms with E-state index in [0.29, 0.717) is 11.7 Å². The molecular formula is C18H19N5O2. The van der Waals surface area contributed by atoms with Gasteiger partial charge in [-0.25, -0.2) is 9.78 Å². The molecule has 0 unspecified atom stereocenters. The van der Waals surface area contributed by atoms with E-state index < -0.39 is 5.97 Å². The lowest BCUT2D eigenvalue weighted by molar-refractivity contribution is 0.0697. The molecule has 1 aromatic carbocycles. The van der Waals surface area contributed by atoms with Gasteiger partial charge in [0, 0.05) is 18.9 Å². The number of aromatic amines is 1. The number of carboxylic acid groups (broad SMARTS) is 1. The lowest BCUT2D eigenvalue weighted by Gasteiger charge is -2.22. The van der Waals surface area contributed by atoms with Gasteiger partial charge in [0.15, 0.2) is 0 Å². The van der Waals surface area contributed by atoms with Gasteiger partial charge in [0.25, 0.3) is 0 Å². The minimum absolute atomic E-state index is 0.267. The normalized spacial score (nSPS) is 17.8. The molecule has 7 nitrogen and oxygen atoms in total. The zero-order valence-corrected chi connectivity index (χ0v) is 13.7. The molecule has 3 aromatic rings. The Kier molecular flexibility index (Phi) is 4.07. The molecule has 0 spiro atoms. The van der Waals surface area contributed by atoms with Gasteiger partial charge in [0.2, 0.25) is 0 Å². The molecule has 3 heterocycles. The van der Waals surface area contributed by atoms with Crippen LogP contribution in [0, 0.1) is 0 Å². The molecule has 1 aliphatic rings. The number of rotatable bonds is 5. The van der Waals surface area contributed by atoms with Gasteiger partial charge < -0.3 is 9.67 Å². The Morgan fingerprint density at radius 3 is 3.00 bits per heavy atom. The van der Waals surface area contributed by atoms with Crippen molar-refractivity contribution in [2.45, 2.75) is 25.4 Å². The summed E-state index contributed by atoms with van der Waals surface area (Å²) in [6.45, 7) is 1.74. The summed E-state index contributed by atoms with van der Waals surface area (Å²) in [5.41, 5.74) is 2.95. The fourth-order valence-electron chi connectivity index (χ4n) is 3.48. The number of aromatic nitrogens is 4. The largest absolute Gasteiger partial charge is 0.478 e. The molecule has 128 valence electrons. The summed E-state index contributed by atoms with van der Waals surface area (Å²) in [5, 5.41) is 16.5. The Bertz CT molecular complexity index is 871. The third-order valence-corrected chi connectivity index (χ3v) is 4.66. The summed E-state index contributed by atoms with van der Waals surface area (Å²) in [6, 6.07) is 9.30. The highest BCUT2D eigenvalue weighted by Crippen LogP contribution is 2.31. The van der Waals surface area contributed by atoms with Crippen LogP contribution in [0.1, 0.15) is 40.6 Å². The van der Waals surface area contributed by atoms with Gasteiger partial charge in [-0.1, -0.05) is 12.1 Å². The number of H-pyrrole nitrogens is 1. The molecule has 0 amide bonds. The molecule has 0 bridgehead atoms. The highest BCUT2D eigenvalue weighted by atomic mass is 16.4. The molecule has 0 saturated carbocycles. The number of hydrogen-bond acceptors (Lipinski definition) is 4. The van der Waals surface area contributed by atoms with Gasteiger partial charge in [-0.15, -0.1) is 0 Å². The predicted molar refractivity (Wildman–Crippen MR) is 91.5 cm³/mol. The molecule has 0 radical (unpaired) electrons. The first-order valence-corrected chi connectivity index (χ1v) is 8.31. The van der Waals surface area contributed by atoms with Crippen molar-refractivity contribution in [3.05, 3.63) is 66.0 Å². The van der Waals surface area contributed by atoms with Crippen LogP contribution in [-0.4, -0.2) is 42.3 Å². The van der Waals surface area contributed by atoms with Crippen LogP contribution >= 0.6 is 0 Å². The van der Waals surface area contributed by atoms with E-state index in [2.05, 4.69) is 20.1 Å². The minimum Gasteiger partial charge on any atom is -0.478 e. The van der Waals surface area contributed by atoms with Crippen molar-refractivity contribution in [3.8, 4) is 5.69 Å². The molecule has 2 aromatic heterocycles. The van der Waals surface area contributed by atoms with Crippen LogP contribution in [0.25, 0.3) is 5.69 Å². The number of benzene rings is 1. The van der Waals surface area contributed by atoms with E-state index in [0.717, 1.165) is 37.3 Å². The number of carboxylic acids is 1. The number of nitrogens with zero attached hydrogens (tertiary/aromatic N) is 4. The number of hydrogen-bond donors (Lipinski definition) is 2. The fourth-order valence-corrected chi connectivity index (χ4v) is 3.48. The van der Waals surface area contributed by atoms with Gasteiger partial charge in [0.05, 0.1) is 35.0 Å². The van der Waals surface area contributed by atoms with Gasteiger partial charge in [-0.3, -0.25) is 10.00 Å². The van der Waals surface area contributed by atoms with Crippen molar-refractivity contribution >= 4 is 5.97 Å². The number of carbonyl (C=O) groups is 1. The van der Waals surface area contributed by atoms with Crippen LogP contribution in [0.5, 0.6) is 0 Å². The molecule has 1 saturated heterocycles. The van der Waals surface area contributed by atoms with Crippen molar-refractivity contribution in [1.82, 2.24) is 24.6 Å². The second-order valence-corrected chi connectivity index (χ2v) is 6.24. The lowest BCUT2D eigenvalue weighted by Crippen LogP contribution is -2.23. The van der Waals surface area contributed by atoms with E-state index in [1.807, 2.05) is 18.3 Å².